The summed E-state index contributed by atoms with van der Waals surface area (Å²) in [5, 5.41) is 5.65. The van der Waals surface area contributed by atoms with E-state index in [1.165, 1.54) is 18.2 Å². The van der Waals surface area contributed by atoms with Gasteiger partial charge in [-0.15, -0.1) is 6.58 Å². The summed E-state index contributed by atoms with van der Waals surface area (Å²) in [5.41, 5.74) is 1.75. The van der Waals surface area contributed by atoms with Gasteiger partial charge in [0.2, 0.25) is 5.91 Å². The normalized spacial score (nSPS) is 15.0. The predicted molar refractivity (Wildman–Crippen MR) is 121 cm³/mol. The molecule has 0 bridgehead atoms. The van der Waals surface area contributed by atoms with Gasteiger partial charge in [0.15, 0.2) is 0 Å². The monoisotopic (exact) mass is 437 g/mol. The number of rotatable bonds is 7. The second-order valence-corrected chi connectivity index (χ2v) is 7.99. The first kappa shape index (κ1) is 23.2. The number of amides is 3. The summed E-state index contributed by atoms with van der Waals surface area (Å²) in [7, 11) is 0. The summed E-state index contributed by atoms with van der Waals surface area (Å²) < 4.78 is 13.5. The molecule has 1 fully saturated rings. The molecule has 1 aliphatic rings. The quantitative estimate of drug-likeness (QED) is 0.654. The van der Waals surface area contributed by atoms with Crippen LogP contribution in [0.3, 0.4) is 0 Å². The third-order valence-electron chi connectivity index (χ3n) is 5.64. The fourth-order valence-corrected chi connectivity index (χ4v) is 3.93. The Morgan fingerprint density at radius 2 is 1.81 bits per heavy atom. The molecule has 0 saturated carbocycles. The Hall–Kier alpha value is -3.48. The second kappa shape index (κ2) is 10.7. The standard InChI is InChI=1S/C25H28FN3O3/c1-3-12-27-24(31)22(28-23(30)19-7-4-6-17(2)15-19)18-10-13-29(14-11-18)25(32)20-8-5-9-21(26)16-20/h3-9,15-16,18,22H,1,10-14H2,2H3,(H,27,31)(H,28,30). The average Bonchev–Trinajstić information content (AvgIpc) is 2.80. The van der Waals surface area contributed by atoms with Crippen LogP contribution in [-0.4, -0.2) is 48.3 Å². The molecule has 0 aliphatic carbocycles. The molecular formula is C25H28FN3O3. The van der Waals surface area contributed by atoms with Crippen LogP contribution < -0.4 is 10.6 Å². The van der Waals surface area contributed by atoms with Crippen LogP contribution in [0.15, 0.2) is 61.2 Å². The van der Waals surface area contributed by atoms with Crippen molar-refractivity contribution in [3.05, 3.63) is 83.7 Å². The van der Waals surface area contributed by atoms with Gasteiger partial charge in [0.05, 0.1) is 0 Å². The first-order valence-corrected chi connectivity index (χ1v) is 10.7. The van der Waals surface area contributed by atoms with Crippen LogP contribution in [0.2, 0.25) is 0 Å². The van der Waals surface area contributed by atoms with Gasteiger partial charge in [-0.2, -0.15) is 0 Å². The van der Waals surface area contributed by atoms with Crippen molar-refractivity contribution in [2.75, 3.05) is 19.6 Å². The lowest BCUT2D eigenvalue weighted by Gasteiger charge is -2.35. The van der Waals surface area contributed by atoms with Gasteiger partial charge in [0.1, 0.15) is 11.9 Å². The van der Waals surface area contributed by atoms with E-state index in [0.29, 0.717) is 43.6 Å². The summed E-state index contributed by atoms with van der Waals surface area (Å²) in [4.78, 5) is 40.0. The van der Waals surface area contributed by atoms with Gasteiger partial charge >= 0.3 is 0 Å². The van der Waals surface area contributed by atoms with E-state index in [1.807, 2.05) is 13.0 Å². The van der Waals surface area contributed by atoms with E-state index in [4.69, 9.17) is 0 Å². The fraction of sp³-hybridized carbons (Fsp3) is 0.320. The molecule has 3 rings (SSSR count). The molecule has 1 unspecified atom stereocenters. The van der Waals surface area contributed by atoms with E-state index in [1.54, 1.807) is 35.2 Å². The number of hydrogen-bond donors (Lipinski definition) is 2. The Morgan fingerprint density at radius 1 is 1.12 bits per heavy atom. The Balaban J connectivity index is 1.69. The average molecular weight is 438 g/mol. The van der Waals surface area contributed by atoms with Crippen LogP contribution in [0.4, 0.5) is 4.39 Å². The van der Waals surface area contributed by atoms with Gasteiger partial charge in [-0.3, -0.25) is 14.4 Å². The molecule has 2 aromatic carbocycles. The lowest BCUT2D eigenvalue weighted by molar-refractivity contribution is -0.124. The smallest absolute Gasteiger partial charge is 0.253 e. The van der Waals surface area contributed by atoms with Crippen molar-refractivity contribution in [2.45, 2.75) is 25.8 Å². The largest absolute Gasteiger partial charge is 0.351 e. The molecule has 168 valence electrons. The first-order valence-electron chi connectivity index (χ1n) is 10.7. The number of carbonyl (C=O) groups is 3. The number of nitrogens with zero attached hydrogens (tertiary/aromatic N) is 1. The first-order chi connectivity index (χ1) is 15.4. The van der Waals surface area contributed by atoms with Crippen molar-refractivity contribution >= 4 is 17.7 Å². The van der Waals surface area contributed by atoms with Gasteiger partial charge in [-0.1, -0.05) is 29.8 Å². The molecule has 2 aromatic rings. The summed E-state index contributed by atoms with van der Waals surface area (Å²) in [6.07, 6.45) is 2.67. The number of hydrogen-bond acceptors (Lipinski definition) is 3. The molecule has 2 N–H and O–H groups in total. The minimum atomic E-state index is -0.727. The third kappa shape index (κ3) is 5.81. The highest BCUT2D eigenvalue weighted by Crippen LogP contribution is 2.23. The van der Waals surface area contributed by atoms with Gasteiger partial charge < -0.3 is 15.5 Å². The van der Waals surface area contributed by atoms with Crippen LogP contribution in [0.25, 0.3) is 0 Å². The molecule has 6 nitrogen and oxygen atoms in total. The molecule has 7 heteroatoms. The van der Waals surface area contributed by atoms with E-state index >= 15 is 0 Å². The highest BCUT2D eigenvalue weighted by Gasteiger charge is 2.34. The molecule has 0 radical (unpaired) electrons. The highest BCUT2D eigenvalue weighted by atomic mass is 19.1. The zero-order valence-electron chi connectivity index (χ0n) is 18.1. The fourth-order valence-electron chi connectivity index (χ4n) is 3.93. The molecule has 1 atom stereocenters. The van der Waals surface area contributed by atoms with Crippen molar-refractivity contribution < 1.29 is 18.8 Å². The van der Waals surface area contributed by atoms with E-state index in [9.17, 15) is 18.8 Å². The maximum absolute atomic E-state index is 13.5. The molecule has 1 saturated heterocycles. The van der Waals surface area contributed by atoms with E-state index < -0.39 is 11.9 Å². The van der Waals surface area contributed by atoms with Crippen molar-refractivity contribution in [3.63, 3.8) is 0 Å². The highest BCUT2D eigenvalue weighted by molar-refractivity contribution is 5.98. The SMILES string of the molecule is C=CCNC(=O)C(NC(=O)c1cccc(C)c1)C1CCN(C(=O)c2cccc(F)c2)CC1. The minimum absolute atomic E-state index is 0.134. The lowest BCUT2D eigenvalue weighted by atomic mass is 9.88. The van der Waals surface area contributed by atoms with Gasteiger partial charge in [-0.05, 0) is 56.0 Å². The van der Waals surface area contributed by atoms with Crippen LogP contribution in [0.5, 0.6) is 0 Å². The number of nitrogens with one attached hydrogen (secondary N) is 2. The number of piperidine rings is 1. The van der Waals surface area contributed by atoms with E-state index in [-0.39, 0.29) is 23.6 Å². The van der Waals surface area contributed by atoms with Crippen molar-refractivity contribution in [2.24, 2.45) is 5.92 Å². The van der Waals surface area contributed by atoms with E-state index in [0.717, 1.165) is 5.56 Å². The second-order valence-electron chi connectivity index (χ2n) is 7.99. The van der Waals surface area contributed by atoms with E-state index in [2.05, 4.69) is 17.2 Å². The van der Waals surface area contributed by atoms with Crippen molar-refractivity contribution in [3.8, 4) is 0 Å². The zero-order chi connectivity index (χ0) is 23.1. The number of halogens is 1. The molecular weight excluding hydrogens is 409 g/mol. The van der Waals surface area contributed by atoms with Crippen LogP contribution in [-0.2, 0) is 4.79 Å². The minimum Gasteiger partial charge on any atom is -0.351 e. The predicted octanol–water partition coefficient (Wildman–Crippen LogP) is 3.09. The van der Waals surface area contributed by atoms with Gasteiger partial charge in [0, 0.05) is 30.8 Å². The van der Waals surface area contributed by atoms with Crippen molar-refractivity contribution in [1.29, 1.82) is 0 Å². The summed E-state index contributed by atoms with van der Waals surface area (Å²) in [6.45, 7) is 6.66. The van der Waals surface area contributed by atoms with Crippen molar-refractivity contribution in [1.82, 2.24) is 15.5 Å². The maximum Gasteiger partial charge on any atom is 0.253 e. The molecule has 3 amide bonds. The number of carbonyl (C=O) groups excluding carboxylic acids is 3. The van der Waals surface area contributed by atoms with Crippen LogP contribution >= 0.6 is 0 Å². The summed E-state index contributed by atoms with van der Waals surface area (Å²) in [6, 6.07) is 12.1. The van der Waals surface area contributed by atoms with Gasteiger partial charge in [-0.25, -0.2) is 4.39 Å². The maximum atomic E-state index is 13.5. The topological polar surface area (TPSA) is 78.5 Å². The Morgan fingerprint density at radius 3 is 2.47 bits per heavy atom. The Bertz CT molecular complexity index is 999. The molecule has 1 aliphatic heterocycles. The zero-order valence-corrected chi connectivity index (χ0v) is 18.1. The molecule has 1 heterocycles. The van der Waals surface area contributed by atoms with Crippen LogP contribution in [0.1, 0.15) is 39.1 Å². The number of benzene rings is 2. The summed E-state index contributed by atoms with van der Waals surface area (Å²) in [5.74, 6) is -1.42. The molecule has 32 heavy (non-hydrogen) atoms. The summed E-state index contributed by atoms with van der Waals surface area (Å²) >= 11 is 0. The number of likely N-dealkylation sites (tertiary alicyclic amines) is 1. The molecule has 0 spiro atoms. The van der Waals surface area contributed by atoms with Gasteiger partial charge in [0.25, 0.3) is 11.8 Å². The third-order valence-corrected chi connectivity index (χ3v) is 5.64. The van der Waals surface area contributed by atoms with Crippen LogP contribution in [0, 0.1) is 18.7 Å². The Labute approximate surface area is 187 Å². The number of aryl methyl sites for hydroxylation is 1. The molecule has 0 aromatic heterocycles. The lowest BCUT2D eigenvalue weighted by Crippen LogP contribution is -2.53. The Kier molecular flexibility index (Phi) is 7.76.